The van der Waals surface area contributed by atoms with E-state index in [1.54, 1.807) is 7.11 Å². The molecule has 0 bridgehead atoms. The van der Waals surface area contributed by atoms with Gasteiger partial charge in [-0.25, -0.2) is 0 Å². The van der Waals surface area contributed by atoms with Crippen molar-refractivity contribution in [1.82, 2.24) is 9.88 Å². The zero-order chi connectivity index (χ0) is 28.6. The summed E-state index contributed by atoms with van der Waals surface area (Å²) < 4.78 is 5.32. The first kappa shape index (κ1) is 26.0. The number of thioether (sulfide) groups is 1. The van der Waals surface area contributed by atoms with Crippen molar-refractivity contribution in [3.8, 4) is 17.0 Å². The fourth-order valence-electron chi connectivity index (χ4n) is 8.17. The van der Waals surface area contributed by atoms with Gasteiger partial charge in [-0.2, -0.15) is 0 Å². The number of methoxy groups -OCH3 is 1. The number of carbonyl (C=O) groups excluding carboxylic acids is 2. The van der Waals surface area contributed by atoms with Crippen molar-refractivity contribution in [2.24, 2.45) is 5.41 Å². The Morgan fingerprint density at radius 3 is 2.57 bits per heavy atom. The van der Waals surface area contributed by atoms with Gasteiger partial charge in [0.2, 0.25) is 0 Å². The third kappa shape index (κ3) is 3.30. The number of hydrogen-bond donors (Lipinski definition) is 1. The fourth-order valence-corrected chi connectivity index (χ4v) is 9.60. The zero-order valence-corrected chi connectivity index (χ0v) is 24.5. The lowest BCUT2D eigenvalue weighted by Gasteiger charge is -2.48. The van der Waals surface area contributed by atoms with Gasteiger partial charge in [-0.15, -0.1) is 11.8 Å². The number of para-hydroxylation sites is 1. The van der Waals surface area contributed by atoms with E-state index in [9.17, 15) is 4.79 Å². The van der Waals surface area contributed by atoms with Gasteiger partial charge < -0.3 is 10.1 Å². The van der Waals surface area contributed by atoms with Crippen molar-refractivity contribution >= 4 is 40.7 Å². The Morgan fingerprint density at radius 1 is 1.00 bits per heavy atom. The van der Waals surface area contributed by atoms with E-state index in [-0.39, 0.29) is 23.7 Å². The molecule has 1 aliphatic carbocycles. The van der Waals surface area contributed by atoms with Gasteiger partial charge in [0.15, 0.2) is 5.78 Å². The second kappa shape index (κ2) is 9.43. The summed E-state index contributed by atoms with van der Waals surface area (Å²) in [5.74, 6) is 2.02. The SMILES string of the molecule is COc1ccc(-c2ccc3c(n2)CC[C@@]2(C3=O)[C@@H](c3ccc(Cl)cc3)[C@@H]3CSCN3[C@@]23C(=O)Nc2ccccc23)cc1. The van der Waals surface area contributed by atoms with E-state index in [4.69, 9.17) is 21.3 Å². The summed E-state index contributed by atoms with van der Waals surface area (Å²) in [6, 6.07) is 27.4. The van der Waals surface area contributed by atoms with Crippen LogP contribution >= 0.6 is 23.4 Å². The van der Waals surface area contributed by atoms with Crippen LogP contribution in [0.1, 0.15) is 39.5 Å². The van der Waals surface area contributed by atoms with E-state index in [1.165, 1.54) is 0 Å². The molecule has 8 heteroatoms. The van der Waals surface area contributed by atoms with E-state index < -0.39 is 11.0 Å². The van der Waals surface area contributed by atoms with Crippen molar-refractivity contribution in [2.45, 2.75) is 30.3 Å². The second-order valence-corrected chi connectivity index (χ2v) is 12.9. The number of halogens is 1. The molecule has 3 aromatic carbocycles. The summed E-state index contributed by atoms with van der Waals surface area (Å²) in [6.45, 7) is 0. The Morgan fingerprint density at radius 2 is 1.79 bits per heavy atom. The molecule has 8 rings (SSSR count). The normalized spacial score (nSPS) is 27.7. The Kier molecular flexibility index (Phi) is 5.84. The van der Waals surface area contributed by atoms with Crippen LogP contribution in [0.15, 0.2) is 84.9 Å². The molecule has 4 heterocycles. The third-order valence-corrected chi connectivity index (χ3v) is 11.1. The standard InChI is InChI=1S/C34H28ClN3O3S/c1-41-23-12-8-20(9-13-23)26-15-14-24-27(36-26)16-17-33(31(24)39)30(21-6-10-22(35)11-7-21)29-18-42-19-38(29)34(33)25-4-2-3-5-28(25)37-32(34)40/h2-15,29-30H,16-19H2,1H3,(H,37,40)/t29-,30-,33-,34-/m0/s1. The quantitative estimate of drug-likeness (QED) is 0.291. The lowest BCUT2D eigenvalue weighted by atomic mass is 9.53. The first-order valence-corrected chi connectivity index (χ1v) is 15.7. The molecule has 4 aromatic rings. The van der Waals surface area contributed by atoms with Gasteiger partial charge in [-0.05, 0) is 73.0 Å². The summed E-state index contributed by atoms with van der Waals surface area (Å²) in [5.41, 5.74) is 3.79. The van der Waals surface area contributed by atoms with Crippen LogP contribution in [0.2, 0.25) is 5.02 Å². The molecule has 0 radical (unpaired) electrons. The number of ketones is 1. The van der Waals surface area contributed by atoms with Crippen LogP contribution in [-0.4, -0.2) is 46.4 Å². The summed E-state index contributed by atoms with van der Waals surface area (Å²) in [5, 5.41) is 3.84. The Bertz CT molecular complexity index is 1760. The number of nitrogens with zero attached hydrogens (tertiary/aromatic N) is 2. The number of rotatable bonds is 3. The van der Waals surface area contributed by atoms with Gasteiger partial charge in [-0.1, -0.05) is 41.9 Å². The average Bonchev–Trinajstić information content (AvgIpc) is 3.67. The number of anilines is 1. The zero-order valence-electron chi connectivity index (χ0n) is 23.0. The summed E-state index contributed by atoms with van der Waals surface area (Å²) in [6.07, 6.45) is 1.12. The number of pyridine rings is 1. The molecule has 0 unspecified atom stereocenters. The number of nitrogens with one attached hydrogen (secondary N) is 1. The van der Waals surface area contributed by atoms with Gasteiger partial charge in [0.05, 0.1) is 23.9 Å². The fraction of sp³-hybridized carbons (Fsp3) is 0.265. The molecule has 4 aliphatic rings. The van der Waals surface area contributed by atoms with Crippen molar-refractivity contribution in [2.75, 3.05) is 24.1 Å². The van der Waals surface area contributed by atoms with Crippen molar-refractivity contribution < 1.29 is 14.3 Å². The maximum absolute atomic E-state index is 15.3. The van der Waals surface area contributed by atoms with Gasteiger partial charge in [0.1, 0.15) is 11.3 Å². The highest BCUT2D eigenvalue weighted by Crippen LogP contribution is 2.70. The third-order valence-electron chi connectivity index (χ3n) is 9.80. The Balaban J connectivity index is 1.34. The molecule has 4 atom stereocenters. The number of aromatic nitrogens is 1. The molecule has 1 N–H and O–H groups in total. The van der Waals surface area contributed by atoms with Gasteiger partial charge in [0, 0.05) is 51.0 Å². The number of Topliss-reactive ketones (excluding diaryl/α,β-unsaturated/α-hetero) is 1. The van der Waals surface area contributed by atoms with E-state index in [1.807, 2.05) is 96.7 Å². The first-order chi connectivity index (χ1) is 20.5. The van der Waals surface area contributed by atoms with E-state index in [0.29, 0.717) is 29.3 Å². The Hall–Kier alpha value is -3.65. The van der Waals surface area contributed by atoms with Crippen LogP contribution in [0.25, 0.3) is 11.3 Å². The first-order valence-electron chi connectivity index (χ1n) is 14.2. The predicted molar refractivity (Wildman–Crippen MR) is 165 cm³/mol. The van der Waals surface area contributed by atoms with Crippen LogP contribution in [0.4, 0.5) is 5.69 Å². The number of fused-ring (bicyclic) bond motifs is 6. The molecule has 2 fully saturated rings. The van der Waals surface area contributed by atoms with Gasteiger partial charge in [0.25, 0.3) is 5.91 Å². The minimum atomic E-state index is -1.12. The van der Waals surface area contributed by atoms with Crippen LogP contribution in [-0.2, 0) is 16.8 Å². The highest BCUT2D eigenvalue weighted by Gasteiger charge is 2.78. The maximum atomic E-state index is 15.3. The molecule has 1 aromatic heterocycles. The summed E-state index contributed by atoms with van der Waals surface area (Å²) >= 11 is 8.16. The molecule has 42 heavy (non-hydrogen) atoms. The maximum Gasteiger partial charge on any atom is 0.250 e. The number of amides is 1. The van der Waals surface area contributed by atoms with Crippen LogP contribution < -0.4 is 10.1 Å². The number of hydrogen-bond acceptors (Lipinski definition) is 6. The number of aryl methyl sites for hydroxylation is 1. The molecular formula is C34H28ClN3O3S. The van der Waals surface area contributed by atoms with E-state index in [0.717, 1.165) is 45.3 Å². The van der Waals surface area contributed by atoms with E-state index in [2.05, 4.69) is 10.2 Å². The topological polar surface area (TPSA) is 71.5 Å². The average molecular weight is 594 g/mol. The smallest absolute Gasteiger partial charge is 0.250 e. The lowest BCUT2D eigenvalue weighted by molar-refractivity contribution is -0.131. The molecule has 3 aliphatic heterocycles. The van der Waals surface area contributed by atoms with Crippen LogP contribution in [0.3, 0.4) is 0 Å². The summed E-state index contributed by atoms with van der Waals surface area (Å²) in [4.78, 5) is 37.1. The molecule has 2 saturated heterocycles. The van der Waals surface area contributed by atoms with Crippen LogP contribution in [0, 0.1) is 5.41 Å². The minimum absolute atomic E-state index is 0.00346. The van der Waals surface area contributed by atoms with Gasteiger partial charge in [-0.3, -0.25) is 19.5 Å². The highest BCUT2D eigenvalue weighted by molar-refractivity contribution is 7.99. The molecule has 6 nitrogen and oxygen atoms in total. The Labute approximate surface area is 253 Å². The molecule has 2 spiro atoms. The second-order valence-electron chi connectivity index (χ2n) is 11.5. The van der Waals surface area contributed by atoms with Crippen molar-refractivity contribution in [3.63, 3.8) is 0 Å². The number of ether oxygens (including phenoxy) is 1. The molecule has 0 saturated carbocycles. The number of carbonyl (C=O) groups is 2. The molecule has 1 amide bonds. The van der Waals surface area contributed by atoms with Crippen LogP contribution in [0.5, 0.6) is 5.75 Å². The van der Waals surface area contributed by atoms with Crippen molar-refractivity contribution in [3.05, 3.63) is 112 Å². The highest BCUT2D eigenvalue weighted by atomic mass is 35.5. The lowest BCUT2D eigenvalue weighted by Crippen LogP contribution is -2.60. The predicted octanol–water partition coefficient (Wildman–Crippen LogP) is 6.55. The minimum Gasteiger partial charge on any atom is -0.497 e. The molecular weight excluding hydrogens is 566 g/mol. The van der Waals surface area contributed by atoms with Gasteiger partial charge >= 0.3 is 0 Å². The number of benzene rings is 3. The monoisotopic (exact) mass is 593 g/mol. The van der Waals surface area contributed by atoms with E-state index >= 15 is 4.79 Å². The summed E-state index contributed by atoms with van der Waals surface area (Å²) in [7, 11) is 1.65. The molecule has 210 valence electrons. The van der Waals surface area contributed by atoms with Crippen molar-refractivity contribution in [1.29, 1.82) is 0 Å². The largest absolute Gasteiger partial charge is 0.497 e.